The Hall–Kier alpha value is -2.54. The molecule has 2 N–H and O–H groups in total. The molecule has 0 fully saturated rings. The van der Waals surface area contributed by atoms with Crippen molar-refractivity contribution in [1.29, 1.82) is 0 Å². The summed E-state index contributed by atoms with van der Waals surface area (Å²) in [6, 6.07) is 12.1. The van der Waals surface area contributed by atoms with Crippen LogP contribution in [0.1, 0.15) is 43.0 Å². The second-order valence-electron chi connectivity index (χ2n) is 7.46. The molecular weight excluding hydrogens is 369 g/mol. The SMILES string of the molecule is CC(C)(C)OCc1cccc(CNC(=O)NCc2cccc(C(F)(F)F)c2)c1. The maximum absolute atomic E-state index is 12.7. The third kappa shape index (κ3) is 7.60. The molecule has 0 aromatic heterocycles. The van der Waals surface area contributed by atoms with E-state index in [1.165, 1.54) is 12.1 Å². The molecule has 7 heteroatoms. The van der Waals surface area contributed by atoms with Crippen LogP contribution in [-0.2, 0) is 30.6 Å². The van der Waals surface area contributed by atoms with E-state index in [1.807, 2.05) is 45.0 Å². The van der Waals surface area contributed by atoms with Crippen LogP contribution in [0.4, 0.5) is 18.0 Å². The van der Waals surface area contributed by atoms with Gasteiger partial charge in [0.25, 0.3) is 0 Å². The lowest BCUT2D eigenvalue weighted by Gasteiger charge is -2.19. The van der Waals surface area contributed by atoms with Crippen molar-refractivity contribution in [3.8, 4) is 0 Å². The van der Waals surface area contributed by atoms with Gasteiger partial charge in [-0.2, -0.15) is 13.2 Å². The standard InChI is InChI=1S/C21H25F3N2O2/c1-20(2,3)28-14-17-8-4-6-15(10-17)12-25-19(27)26-13-16-7-5-9-18(11-16)21(22,23)24/h4-11H,12-14H2,1-3H3,(H2,25,26,27). The van der Waals surface area contributed by atoms with Crippen LogP contribution in [0, 0.1) is 0 Å². The third-order valence-electron chi connectivity index (χ3n) is 3.82. The molecule has 2 rings (SSSR count). The van der Waals surface area contributed by atoms with Crippen LogP contribution in [-0.4, -0.2) is 11.6 Å². The second-order valence-corrected chi connectivity index (χ2v) is 7.46. The highest BCUT2D eigenvalue weighted by Crippen LogP contribution is 2.29. The zero-order chi connectivity index (χ0) is 20.8. The Labute approximate surface area is 163 Å². The van der Waals surface area contributed by atoms with E-state index < -0.39 is 17.8 Å². The minimum atomic E-state index is -4.40. The lowest BCUT2D eigenvalue weighted by molar-refractivity contribution is -0.137. The molecule has 0 aliphatic heterocycles. The molecular formula is C21H25F3N2O2. The second kappa shape index (κ2) is 9.10. The van der Waals surface area contributed by atoms with Crippen molar-refractivity contribution in [2.75, 3.05) is 0 Å². The summed E-state index contributed by atoms with van der Waals surface area (Å²) in [5.74, 6) is 0. The van der Waals surface area contributed by atoms with Crippen molar-refractivity contribution < 1.29 is 22.7 Å². The van der Waals surface area contributed by atoms with Gasteiger partial charge in [-0.3, -0.25) is 0 Å². The normalized spacial score (nSPS) is 11.9. The van der Waals surface area contributed by atoms with Crippen LogP contribution < -0.4 is 10.6 Å². The van der Waals surface area contributed by atoms with Gasteiger partial charge in [-0.1, -0.05) is 36.4 Å². The predicted molar refractivity (Wildman–Crippen MR) is 102 cm³/mol. The summed E-state index contributed by atoms with van der Waals surface area (Å²) >= 11 is 0. The maximum Gasteiger partial charge on any atom is 0.416 e. The molecule has 0 bridgehead atoms. The van der Waals surface area contributed by atoms with E-state index in [0.717, 1.165) is 23.3 Å². The van der Waals surface area contributed by atoms with E-state index in [-0.39, 0.29) is 12.1 Å². The number of alkyl halides is 3. The van der Waals surface area contributed by atoms with Crippen LogP contribution >= 0.6 is 0 Å². The van der Waals surface area contributed by atoms with E-state index in [2.05, 4.69) is 10.6 Å². The van der Waals surface area contributed by atoms with Crippen molar-refractivity contribution in [3.63, 3.8) is 0 Å². The number of hydrogen-bond acceptors (Lipinski definition) is 2. The number of nitrogens with one attached hydrogen (secondary N) is 2. The molecule has 0 saturated carbocycles. The number of ether oxygens (including phenoxy) is 1. The van der Waals surface area contributed by atoms with E-state index in [4.69, 9.17) is 4.74 Å². The lowest BCUT2D eigenvalue weighted by Crippen LogP contribution is -2.34. The first-order valence-corrected chi connectivity index (χ1v) is 8.92. The number of carbonyl (C=O) groups excluding carboxylic acids is 1. The molecule has 2 aromatic carbocycles. The summed E-state index contributed by atoms with van der Waals surface area (Å²) < 4.78 is 43.9. The number of amides is 2. The van der Waals surface area contributed by atoms with Crippen LogP contribution in [0.25, 0.3) is 0 Å². The lowest BCUT2D eigenvalue weighted by atomic mass is 10.1. The van der Waals surface area contributed by atoms with Crippen molar-refractivity contribution in [1.82, 2.24) is 10.6 Å². The maximum atomic E-state index is 12.7. The molecule has 2 amide bonds. The largest absolute Gasteiger partial charge is 0.416 e. The van der Waals surface area contributed by atoms with Crippen molar-refractivity contribution in [3.05, 3.63) is 70.8 Å². The first-order chi connectivity index (χ1) is 13.0. The van der Waals surface area contributed by atoms with Gasteiger partial charge in [0, 0.05) is 13.1 Å². The number of rotatable bonds is 6. The molecule has 0 heterocycles. The summed E-state index contributed by atoms with van der Waals surface area (Å²) in [5, 5.41) is 5.27. The number of hydrogen-bond donors (Lipinski definition) is 2. The highest BCUT2D eigenvalue weighted by molar-refractivity contribution is 5.73. The van der Waals surface area contributed by atoms with Gasteiger partial charge in [0.2, 0.25) is 0 Å². The fourth-order valence-electron chi connectivity index (χ4n) is 2.41. The Morgan fingerprint density at radius 3 is 2.00 bits per heavy atom. The fourth-order valence-corrected chi connectivity index (χ4v) is 2.41. The van der Waals surface area contributed by atoms with Crippen molar-refractivity contribution in [2.45, 2.75) is 52.2 Å². The Kier molecular flexibility index (Phi) is 7.07. The van der Waals surface area contributed by atoms with E-state index in [0.29, 0.717) is 18.7 Å². The van der Waals surface area contributed by atoms with Crippen LogP contribution in [0.3, 0.4) is 0 Å². The summed E-state index contributed by atoms with van der Waals surface area (Å²) in [5.41, 5.74) is 1.31. The van der Waals surface area contributed by atoms with E-state index in [9.17, 15) is 18.0 Å². The molecule has 0 aliphatic carbocycles. The van der Waals surface area contributed by atoms with Crippen molar-refractivity contribution in [2.24, 2.45) is 0 Å². The van der Waals surface area contributed by atoms with Crippen LogP contribution in [0.2, 0.25) is 0 Å². The van der Waals surface area contributed by atoms with Gasteiger partial charge in [-0.25, -0.2) is 4.79 Å². The van der Waals surface area contributed by atoms with Crippen LogP contribution in [0.15, 0.2) is 48.5 Å². The first-order valence-electron chi connectivity index (χ1n) is 8.92. The number of urea groups is 1. The Balaban J connectivity index is 1.83. The fraction of sp³-hybridized carbons (Fsp3) is 0.381. The molecule has 0 radical (unpaired) electrons. The number of benzene rings is 2. The predicted octanol–water partition coefficient (Wildman–Crippen LogP) is 5.02. The van der Waals surface area contributed by atoms with Crippen LogP contribution in [0.5, 0.6) is 0 Å². The quantitative estimate of drug-likeness (QED) is 0.723. The van der Waals surface area contributed by atoms with E-state index >= 15 is 0 Å². The molecule has 152 valence electrons. The zero-order valence-corrected chi connectivity index (χ0v) is 16.2. The summed E-state index contributed by atoms with van der Waals surface area (Å²) in [6.45, 7) is 6.72. The topological polar surface area (TPSA) is 50.4 Å². The molecule has 2 aromatic rings. The Bertz CT molecular complexity index is 799. The average molecular weight is 394 g/mol. The van der Waals surface area contributed by atoms with Gasteiger partial charge in [0.15, 0.2) is 0 Å². The molecule has 0 saturated heterocycles. The Morgan fingerprint density at radius 1 is 0.893 bits per heavy atom. The van der Waals surface area contributed by atoms with E-state index in [1.54, 1.807) is 0 Å². The molecule has 28 heavy (non-hydrogen) atoms. The average Bonchev–Trinajstić information content (AvgIpc) is 2.62. The number of carbonyl (C=O) groups is 1. The van der Waals surface area contributed by atoms with Gasteiger partial charge in [-0.15, -0.1) is 0 Å². The van der Waals surface area contributed by atoms with Gasteiger partial charge in [-0.05, 0) is 49.6 Å². The first kappa shape index (κ1) is 21.8. The van der Waals surface area contributed by atoms with Crippen molar-refractivity contribution >= 4 is 6.03 Å². The van der Waals surface area contributed by atoms with Gasteiger partial charge in [0.1, 0.15) is 0 Å². The molecule has 0 aliphatic rings. The summed E-state index contributed by atoms with van der Waals surface area (Å²) in [7, 11) is 0. The Morgan fingerprint density at radius 2 is 1.43 bits per heavy atom. The summed E-state index contributed by atoms with van der Waals surface area (Å²) in [6.07, 6.45) is -4.40. The molecule has 0 atom stereocenters. The number of halogens is 3. The van der Waals surface area contributed by atoms with Gasteiger partial charge < -0.3 is 15.4 Å². The third-order valence-corrected chi connectivity index (χ3v) is 3.82. The molecule has 0 unspecified atom stereocenters. The monoisotopic (exact) mass is 394 g/mol. The zero-order valence-electron chi connectivity index (χ0n) is 16.2. The molecule has 4 nitrogen and oxygen atoms in total. The van der Waals surface area contributed by atoms with Gasteiger partial charge in [0.05, 0.1) is 17.8 Å². The molecule has 0 spiro atoms. The smallest absolute Gasteiger partial charge is 0.371 e. The highest BCUT2D eigenvalue weighted by Gasteiger charge is 2.30. The van der Waals surface area contributed by atoms with Gasteiger partial charge >= 0.3 is 12.2 Å². The minimum absolute atomic E-state index is 0.00914. The highest BCUT2D eigenvalue weighted by atomic mass is 19.4. The summed E-state index contributed by atoms with van der Waals surface area (Å²) in [4.78, 5) is 11.9. The minimum Gasteiger partial charge on any atom is -0.371 e.